The standard InChI is InChI=1S/C28H38N8O2S.C2H2.CH5N/c1-4-7-18(27(37)19-9-5-10-24-26(19)20(13-29)28(33)39-24)22(32)15-35-25(12-23(34-2)21(31)14-30)38-16-17-8-6-11-36(17)3;2*1-2/h12,14,17,19,30-31H,2,4-11,15-16,32-33H2,1,3H3;1-2H;2H2,1H3/b22-18-,23-12-,30-14?,31-21?,35-25?;;/t17?,19-;;/m0../s1. The van der Waals surface area contributed by atoms with Crippen molar-refractivity contribution in [1.82, 2.24) is 4.90 Å². The van der Waals surface area contributed by atoms with Crippen molar-refractivity contribution in [3.8, 4) is 18.9 Å². The third kappa shape index (κ3) is 9.72. The van der Waals surface area contributed by atoms with Gasteiger partial charge in [0.2, 0.25) is 5.90 Å². The Morgan fingerprint density at radius 1 is 1.33 bits per heavy atom. The molecule has 0 spiro atoms. The molecule has 2 heterocycles. The molecule has 1 fully saturated rings. The number of anilines is 1. The molecule has 232 valence electrons. The lowest BCUT2D eigenvalue weighted by atomic mass is 9.79. The number of Topliss-reactive ketones (excluding diaryl/α,β-unsaturated/α-hetero) is 1. The van der Waals surface area contributed by atoms with E-state index in [2.05, 4.69) is 46.3 Å². The Bertz CT molecular complexity index is 1300. The van der Waals surface area contributed by atoms with E-state index in [1.54, 1.807) is 0 Å². The highest BCUT2D eigenvalue weighted by Gasteiger charge is 2.34. The quantitative estimate of drug-likeness (QED) is 0.103. The van der Waals surface area contributed by atoms with E-state index in [0.717, 1.165) is 55.3 Å². The maximum absolute atomic E-state index is 13.8. The minimum atomic E-state index is -0.445. The number of hydrogen-bond acceptors (Lipinski definition) is 12. The fraction of sp³-hybridized carbons (Fsp3) is 0.484. The molecular weight excluding hydrogens is 562 g/mol. The summed E-state index contributed by atoms with van der Waals surface area (Å²) in [5.74, 6) is -0.309. The van der Waals surface area contributed by atoms with Gasteiger partial charge in [-0.3, -0.25) is 15.2 Å². The Labute approximate surface area is 259 Å². The molecular formula is C31H45N9O2S. The molecule has 0 amide bonds. The zero-order valence-corrected chi connectivity index (χ0v) is 26.3. The normalized spacial score (nSPS) is 18.8. The van der Waals surface area contributed by atoms with E-state index in [0.29, 0.717) is 41.3 Å². The van der Waals surface area contributed by atoms with E-state index in [9.17, 15) is 10.1 Å². The van der Waals surface area contributed by atoms with Gasteiger partial charge < -0.3 is 32.2 Å². The van der Waals surface area contributed by atoms with Gasteiger partial charge in [0.15, 0.2) is 5.78 Å². The number of likely N-dealkylation sites (tertiary alicyclic amines) is 1. The summed E-state index contributed by atoms with van der Waals surface area (Å²) in [5, 5.41) is 25.5. The van der Waals surface area contributed by atoms with Crippen molar-refractivity contribution in [1.29, 1.82) is 16.1 Å². The van der Waals surface area contributed by atoms with E-state index in [1.807, 2.05) is 14.0 Å². The minimum absolute atomic E-state index is 0.0201. The molecule has 1 saturated heterocycles. The number of fused-ring (bicyclic) bond motifs is 1. The van der Waals surface area contributed by atoms with Gasteiger partial charge in [-0.05, 0) is 71.4 Å². The summed E-state index contributed by atoms with van der Waals surface area (Å²) in [6, 6.07) is 2.44. The number of ketones is 1. The number of likely N-dealkylation sites (N-methyl/N-ethyl adjacent to an activating group) is 1. The number of rotatable bonds is 12. The fourth-order valence-corrected chi connectivity index (χ4v) is 6.24. The first-order valence-electron chi connectivity index (χ1n) is 14.1. The van der Waals surface area contributed by atoms with Crippen LogP contribution in [-0.4, -0.2) is 75.1 Å². The van der Waals surface area contributed by atoms with Gasteiger partial charge in [0.25, 0.3) is 0 Å². The molecule has 1 unspecified atom stereocenters. The molecule has 1 aliphatic heterocycles. The molecule has 2 atom stereocenters. The lowest BCUT2D eigenvalue weighted by Crippen LogP contribution is -2.30. The molecule has 0 aromatic carbocycles. The average molecular weight is 608 g/mol. The van der Waals surface area contributed by atoms with Crippen molar-refractivity contribution in [3.05, 3.63) is 39.0 Å². The van der Waals surface area contributed by atoms with Crippen LogP contribution in [0.5, 0.6) is 0 Å². The van der Waals surface area contributed by atoms with Gasteiger partial charge >= 0.3 is 0 Å². The highest BCUT2D eigenvalue weighted by Crippen LogP contribution is 2.43. The van der Waals surface area contributed by atoms with Crippen molar-refractivity contribution in [2.75, 3.05) is 39.5 Å². The summed E-state index contributed by atoms with van der Waals surface area (Å²) in [5.41, 5.74) is 19.2. The average Bonchev–Trinajstić information content (AvgIpc) is 3.61. The van der Waals surface area contributed by atoms with Crippen molar-refractivity contribution in [2.24, 2.45) is 21.5 Å². The van der Waals surface area contributed by atoms with Crippen LogP contribution in [0.4, 0.5) is 5.00 Å². The first-order valence-corrected chi connectivity index (χ1v) is 15.0. The van der Waals surface area contributed by atoms with Gasteiger partial charge in [0.05, 0.1) is 23.5 Å². The Balaban J connectivity index is 0.00000221. The number of thiophene rings is 1. The van der Waals surface area contributed by atoms with Gasteiger partial charge in [-0.25, -0.2) is 4.99 Å². The number of nitrogens with one attached hydrogen (secondary N) is 2. The predicted molar refractivity (Wildman–Crippen MR) is 178 cm³/mol. The van der Waals surface area contributed by atoms with Crippen LogP contribution in [0.15, 0.2) is 33.0 Å². The van der Waals surface area contributed by atoms with Gasteiger partial charge in [-0.1, -0.05) is 13.3 Å². The van der Waals surface area contributed by atoms with E-state index >= 15 is 0 Å². The number of ether oxygens (including phenoxy) is 1. The van der Waals surface area contributed by atoms with Crippen LogP contribution in [0.25, 0.3) is 0 Å². The number of nitrogens with zero attached hydrogens (tertiary/aromatic N) is 4. The summed E-state index contributed by atoms with van der Waals surface area (Å²) in [7, 11) is 3.55. The highest BCUT2D eigenvalue weighted by molar-refractivity contribution is 7.16. The number of hydrogen-bond donors (Lipinski definition) is 5. The first kappa shape index (κ1) is 36.9. The third-order valence-electron chi connectivity index (χ3n) is 7.26. The van der Waals surface area contributed by atoms with Gasteiger partial charge in [0.1, 0.15) is 17.7 Å². The van der Waals surface area contributed by atoms with Crippen LogP contribution in [0, 0.1) is 35.0 Å². The largest absolute Gasteiger partial charge is 0.476 e. The van der Waals surface area contributed by atoms with E-state index in [1.165, 1.54) is 24.5 Å². The fourth-order valence-electron chi connectivity index (χ4n) is 5.12. The van der Waals surface area contributed by atoms with Crippen LogP contribution in [-0.2, 0) is 16.0 Å². The molecule has 0 saturated carbocycles. The number of carbonyl (C=O) groups excluding carboxylic acids is 1. The van der Waals surface area contributed by atoms with Crippen LogP contribution < -0.4 is 17.2 Å². The molecule has 1 aliphatic carbocycles. The molecule has 2 aliphatic rings. The van der Waals surface area contributed by atoms with E-state index < -0.39 is 5.92 Å². The Hall–Kier alpha value is -4.10. The number of nitrogens with two attached hydrogens (primary N) is 3. The zero-order valence-electron chi connectivity index (χ0n) is 25.5. The molecule has 0 bridgehead atoms. The monoisotopic (exact) mass is 607 g/mol. The van der Waals surface area contributed by atoms with Gasteiger partial charge in [0, 0.05) is 40.4 Å². The van der Waals surface area contributed by atoms with Crippen LogP contribution in [0.1, 0.15) is 67.4 Å². The summed E-state index contributed by atoms with van der Waals surface area (Å²) >= 11 is 1.40. The predicted octanol–water partition coefficient (Wildman–Crippen LogP) is 3.79. The topological polar surface area (TPSA) is 204 Å². The SMILES string of the molecule is C#C.C=N/C(=C\C(=NC/C(N)=C(\CCC)C(=O)[C@H]1CCCc2sc(N)c(C#N)c21)OCC1CCCN1C)C(=N)C=N.CN. The maximum atomic E-state index is 13.8. The summed E-state index contributed by atoms with van der Waals surface area (Å²) in [6.45, 7) is 6.91. The Kier molecular flexibility index (Phi) is 16.5. The molecule has 12 heteroatoms. The second-order valence-electron chi connectivity index (χ2n) is 9.84. The Morgan fingerprint density at radius 2 is 2.02 bits per heavy atom. The lowest BCUT2D eigenvalue weighted by molar-refractivity contribution is -0.117. The van der Waals surface area contributed by atoms with Crippen LogP contribution in [0.3, 0.4) is 0 Å². The smallest absolute Gasteiger partial charge is 0.211 e. The molecule has 3 rings (SSSR count). The molecule has 0 radical (unpaired) electrons. The first-order chi connectivity index (χ1) is 20.7. The van der Waals surface area contributed by atoms with E-state index in [-0.39, 0.29) is 35.7 Å². The molecule has 43 heavy (non-hydrogen) atoms. The summed E-state index contributed by atoms with van der Waals surface area (Å²) in [4.78, 5) is 25.5. The third-order valence-corrected chi connectivity index (χ3v) is 8.35. The van der Waals surface area contributed by atoms with Crippen molar-refractivity contribution in [2.45, 2.75) is 63.8 Å². The molecule has 1 aromatic rings. The number of terminal acetylenes is 1. The van der Waals surface area contributed by atoms with Crippen molar-refractivity contribution < 1.29 is 9.53 Å². The molecule has 8 N–H and O–H groups in total. The maximum Gasteiger partial charge on any atom is 0.211 e. The number of nitriles is 1. The molecule has 1 aromatic heterocycles. The van der Waals surface area contributed by atoms with Crippen LogP contribution in [0.2, 0.25) is 0 Å². The number of aliphatic imine (C=N–C) groups is 2. The highest BCUT2D eigenvalue weighted by atomic mass is 32.1. The zero-order chi connectivity index (χ0) is 32.5. The van der Waals surface area contributed by atoms with Crippen molar-refractivity contribution >= 4 is 46.7 Å². The number of allylic oxidation sites excluding steroid dienone is 2. The second-order valence-corrected chi connectivity index (χ2v) is 11.0. The van der Waals surface area contributed by atoms with Crippen LogP contribution >= 0.6 is 11.3 Å². The van der Waals surface area contributed by atoms with Crippen molar-refractivity contribution in [3.63, 3.8) is 0 Å². The number of aryl methyl sites for hydroxylation is 1. The van der Waals surface area contributed by atoms with Gasteiger partial charge in [-0.2, -0.15) is 5.26 Å². The number of nitrogen functional groups attached to an aromatic ring is 1. The lowest BCUT2D eigenvalue weighted by Gasteiger charge is -2.24. The van der Waals surface area contributed by atoms with Gasteiger partial charge in [-0.15, -0.1) is 24.2 Å². The number of carbonyl (C=O) groups is 1. The second kappa shape index (κ2) is 19.2. The Morgan fingerprint density at radius 3 is 2.58 bits per heavy atom. The molecule has 11 nitrogen and oxygen atoms in total. The summed E-state index contributed by atoms with van der Waals surface area (Å²) in [6.07, 6.45) is 16.0. The van der Waals surface area contributed by atoms with E-state index in [4.69, 9.17) is 27.0 Å². The summed E-state index contributed by atoms with van der Waals surface area (Å²) < 4.78 is 6.03. The minimum Gasteiger partial charge on any atom is -0.476 e.